The summed E-state index contributed by atoms with van der Waals surface area (Å²) in [4.78, 5) is 10.4. The molecule has 9 heavy (non-hydrogen) atoms. The van der Waals surface area contributed by atoms with Crippen LogP contribution in [-0.2, 0) is 9.53 Å². The fraction of sp³-hybridized carbons (Fsp3) is 0.800. The lowest BCUT2D eigenvalue weighted by molar-refractivity contribution is -0.140. The van der Waals surface area contributed by atoms with Gasteiger partial charge in [-0.25, -0.2) is 0 Å². The predicted molar refractivity (Wildman–Crippen MR) is 34.3 cm³/mol. The van der Waals surface area contributed by atoms with E-state index in [1.807, 2.05) is 0 Å². The van der Waals surface area contributed by atoms with Crippen molar-refractivity contribution in [3.8, 4) is 0 Å². The van der Waals surface area contributed by atoms with Crippen molar-refractivity contribution >= 4 is 21.9 Å². The highest BCUT2D eigenvalue weighted by Crippen LogP contribution is 2.15. The van der Waals surface area contributed by atoms with E-state index in [1.54, 1.807) is 0 Å². The molecule has 1 saturated heterocycles. The highest BCUT2D eigenvalue weighted by Gasteiger charge is 2.31. The van der Waals surface area contributed by atoms with Crippen LogP contribution in [0.5, 0.6) is 0 Å². The Balaban J connectivity index is 2.47. The molecule has 1 aliphatic rings. The highest BCUT2D eigenvalue weighted by molar-refractivity contribution is 9.09. The lowest BCUT2D eigenvalue weighted by Crippen LogP contribution is -2.21. The first-order chi connectivity index (χ1) is 4.24. The maximum absolute atomic E-state index is 10.4. The molecule has 0 aromatic rings. The Morgan fingerprint density at radius 1 is 1.89 bits per heavy atom. The van der Waals surface area contributed by atoms with E-state index in [0.717, 1.165) is 0 Å². The van der Waals surface area contributed by atoms with Crippen molar-refractivity contribution in [2.75, 3.05) is 5.33 Å². The number of ether oxygens (including phenoxy) is 1. The topological polar surface area (TPSA) is 46.5 Å². The van der Waals surface area contributed by atoms with Gasteiger partial charge in [-0.2, -0.15) is 0 Å². The van der Waals surface area contributed by atoms with E-state index < -0.39 is 6.10 Å². The normalized spacial score (nSPS) is 34.7. The third-order valence-electron chi connectivity index (χ3n) is 1.24. The van der Waals surface area contributed by atoms with Crippen molar-refractivity contribution in [2.24, 2.45) is 0 Å². The molecule has 1 rings (SSSR count). The van der Waals surface area contributed by atoms with Gasteiger partial charge in [0.05, 0.1) is 6.42 Å². The average Bonchev–Trinajstić information content (AvgIpc) is 2.10. The van der Waals surface area contributed by atoms with Gasteiger partial charge in [-0.3, -0.25) is 4.79 Å². The van der Waals surface area contributed by atoms with E-state index >= 15 is 0 Å². The molecule has 0 aromatic carbocycles. The number of carbonyl (C=O) groups excluding carboxylic acids is 1. The zero-order chi connectivity index (χ0) is 6.85. The van der Waals surface area contributed by atoms with Gasteiger partial charge in [0.2, 0.25) is 0 Å². The number of hydrogen-bond donors (Lipinski definition) is 1. The van der Waals surface area contributed by atoms with Crippen molar-refractivity contribution in [1.82, 2.24) is 0 Å². The van der Waals surface area contributed by atoms with Crippen molar-refractivity contribution in [3.05, 3.63) is 0 Å². The number of halogens is 1. The molecule has 1 N–H and O–H groups in total. The monoisotopic (exact) mass is 194 g/mol. The maximum atomic E-state index is 10.4. The molecular weight excluding hydrogens is 188 g/mol. The Morgan fingerprint density at radius 2 is 2.56 bits per heavy atom. The lowest BCUT2D eigenvalue weighted by atomic mass is 10.2. The minimum absolute atomic E-state index is 0.135. The fourth-order valence-corrected chi connectivity index (χ4v) is 1.30. The molecule has 0 bridgehead atoms. The van der Waals surface area contributed by atoms with Crippen LogP contribution in [0.1, 0.15) is 6.42 Å². The first-order valence-corrected chi connectivity index (χ1v) is 3.79. The number of aliphatic hydroxyl groups excluding tert-OH is 1. The van der Waals surface area contributed by atoms with Gasteiger partial charge in [0.15, 0.2) is 0 Å². The summed E-state index contributed by atoms with van der Waals surface area (Å²) >= 11 is 3.11. The molecule has 1 heterocycles. The summed E-state index contributed by atoms with van der Waals surface area (Å²) in [6.45, 7) is 0. The Morgan fingerprint density at radius 3 is 2.78 bits per heavy atom. The number of alkyl halides is 1. The molecule has 3 nitrogen and oxygen atoms in total. The van der Waals surface area contributed by atoms with Crippen LogP contribution in [0, 0.1) is 0 Å². The number of aliphatic hydroxyl groups is 1. The van der Waals surface area contributed by atoms with Gasteiger partial charge in [0, 0.05) is 5.33 Å². The smallest absolute Gasteiger partial charge is 0.308 e. The molecule has 2 atom stereocenters. The van der Waals surface area contributed by atoms with E-state index in [4.69, 9.17) is 5.11 Å². The van der Waals surface area contributed by atoms with Gasteiger partial charge in [-0.15, -0.1) is 0 Å². The van der Waals surface area contributed by atoms with E-state index in [9.17, 15) is 4.79 Å². The molecule has 0 amide bonds. The van der Waals surface area contributed by atoms with Gasteiger partial charge in [0.25, 0.3) is 0 Å². The van der Waals surface area contributed by atoms with Crippen molar-refractivity contribution in [3.63, 3.8) is 0 Å². The summed E-state index contributed by atoms with van der Waals surface area (Å²) < 4.78 is 4.69. The molecule has 0 aromatic heterocycles. The van der Waals surface area contributed by atoms with Crippen LogP contribution in [0.4, 0.5) is 0 Å². The summed E-state index contributed by atoms with van der Waals surface area (Å²) in [5, 5.41) is 9.50. The molecule has 0 saturated carbocycles. The largest absolute Gasteiger partial charge is 0.459 e. The van der Waals surface area contributed by atoms with Crippen LogP contribution in [0.3, 0.4) is 0 Å². The van der Waals surface area contributed by atoms with Crippen LogP contribution in [0.15, 0.2) is 0 Å². The SMILES string of the molecule is O=C1C[C@H](O)[C@@H](CBr)O1. The Bertz CT molecular complexity index is 125. The van der Waals surface area contributed by atoms with Crippen molar-refractivity contribution in [2.45, 2.75) is 18.6 Å². The quantitative estimate of drug-likeness (QED) is 0.475. The standard InChI is InChI=1S/C5H7BrO3/c6-2-4-3(7)1-5(8)9-4/h3-4,7H,1-2H2/t3-,4+/m0/s1. The summed E-state index contributed by atoms with van der Waals surface area (Å²) in [5.41, 5.74) is 0. The number of carbonyl (C=O) groups is 1. The second kappa shape index (κ2) is 2.66. The fourth-order valence-electron chi connectivity index (χ4n) is 0.732. The summed E-state index contributed by atoms with van der Waals surface area (Å²) in [5.74, 6) is -0.313. The Labute approximate surface area is 61.1 Å². The zero-order valence-electron chi connectivity index (χ0n) is 4.71. The summed E-state index contributed by atoms with van der Waals surface area (Å²) in [6.07, 6.45) is -0.814. The van der Waals surface area contributed by atoms with Crippen LogP contribution in [0.25, 0.3) is 0 Å². The van der Waals surface area contributed by atoms with Gasteiger partial charge in [0.1, 0.15) is 12.2 Å². The predicted octanol–water partition coefficient (Wildman–Crippen LogP) is 0.0577. The first kappa shape index (κ1) is 7.02. The van der Waals surface area contributed by atoms with Crippen molar-refractivity contribution in [1.29, 1.82) is 0 Å². The average molecular weight is 195 g/mol. The van der Waals surface area contributed by atoms with E-state index in [2.05, 4.69) is 20.7 Å². The third kappa shape index (κ3) is 1.43. The van der Waals surface area contributed by atoms with E-state index in [-0.39, 0.29) is 18.5 Å². The molecular formula is C5H7BrO3. The van der Waals surface area contributed by atoms with Crippen LogP contribution in [0.2, 0.25) is 0 Å². The molecule has 4 heteroatoms. The molecule has 0 radical (unpaired) electrons. The molecule has 1 fully saturated rings. The molecule has 52 valence electrons. The molecule has 0 spiro atoms. The van der Waals surface area contributed by atoms with Gasteiger partial charge >= 0.3 is 5.97 Å². The van der Waals surface area contributed by atoms with Gasteiger partial charge < -0.3 is 9.84 Å². The van der Waals surface area contributed by atoms with Crippen molar-refractivity contribution < 1.29 is 14.6 Å². The third-order valence-corrected chi connectivity index (χ3v) is 1.88. The second-order valence-electron chi connectivity index (χ2n) is 1.95. The van der Waals surface area contributed by atoms with Gasteiger partial charge in [-0.05, 0) is 0 Å². The molecule has 0 unspecified atom stereocenters. The van der Waals surface area contributed by atoms with Crippen LogP contribution in [-0.4, -0.2) is 28.6 Å². The minimum Gasteiger partial charge on any atom is -0.459 e. The lowest BCUT2D eigenvalue weighted by Gasteiger charge is -2.06. The maximum Gasteiger partial charge on any atom is 0.308 e. The number of cyclic esters (lactones) is 1. The van der Waals surface area contributed by atoms with Crippen LogP contribution >= 0.6 is 15.9 Å². The van der Waals surface area contributed by atoms with E-state index in [0.29, 0.717) is 5.33 Å². The summed E-state index contributed by atoms with van der Waals surface area (Å²) in [7, 11) is 0. The number of hydrogen-bond acceptors (Lipinski definition) is 3. The van der Waals surface area contributed by atoms with Gasteiger partial charge in [-0.1, -0.05) is 15.9 Å². The van der Waals surface area contributed by atoms with E-state index in [1.165, 1.54) is 0 Å². The highest BCUT2D eigenvalue weighted by atomic mass is 79.9. The Hall–Kier alpha value is -0.0900. The Kier molecular flexibility index (Phi) is 2.08. The summed E-state index contributed by atoms with van der Waals surface area (Å²) in [6, 6.07) is 0. The van der Waals surface area contributed by atoms with Crippen LogP contribution < -0.4 is 0 Å². The second-order valence-corrected chi connectivity index (χ2v) is 2.60. The first-order valence-electron chi connectivity index (χ1n) is 2.67. The molecule has 0 aliphatic carbocycles. The number of esters is 1. The minimum atomic E-state index is -0.614. The number of rotatable bonds is 1. The zero-order valence-corrected chi connectivity index (χ0v) is 6.30. The molecule has 1 aliphatic heterocycles.